The van der Waals surface area contributed by atoms with Gasteiger partial charge < -0.3 is 20.0 Å². The lowest BCUT2D eigenvalue weighted by atomic mass is 10.3. The number of nitrogen functional groups attached to an aromatic ring is 1. The number of nitrogens with zero attached hydrogens (tertiary/aromatic N) is 3. The third-order valence-electron chi connectivity index (χ3n) is 3.15. The van der Waals surface area contributed by atoms with Crippen molar-refractivity contribution in [2.24, 2.45) is 5.84 Å². The summed E-state index contributed by atoms with van der Waals surface area (Å²) < 4.78 is 4.98. The topological polar surface area (TPSA) is 83.7 Å². The smallest absolute Gasteiger partial charge is 0.409 e. The van der Waals surface area contributed by atoms with Gasteiger partial charge in [-0.3, -0.25) is 0 Å². The SMILES string of the molecule is CCOC(=O)N1CCN(c2nc(NN)c(Cl)cc2Cl)CC1. The fraction of sp³-hybridized carbons (Fsp3) is 0.500. The molecule has 1 aliphatic heterocycles. The predicted octanol–water partition coefficient (Wildman–Crippen LogP) is 1.95. The number of amides is 1. The number of halogens is 2. The van der Waals surface area contributed by atoms with Crippen LogP contribution in [0, 0.1) is 0 Å². The van der Waals surface area contributed by atoms with E-state index in [1.165, 1.54) is 0 Å². The van der Waals surface area contributed by atoms with Gasteiger partial charge in [-0.05, 0) is 13.0 Å². The van der Waals surface area contributed by atoms with E-state index in [1.54, 1.807) is 17.9 Å². The van der Waals surface area contributed by atoms with Gasteiger partial charge in [0, 0.05) is 26.2 Å². The standard InChI is InChI=1S/C12H17Cl2N5O2/c1-2-21-12(20)19-5-3-18(4-6-19)11-9(14)7-8(13)10(16-11)17-15/h7H,2-6,15H2,1H3,(H,16,17). The number of hydrogen-bond acceptors (Lipinski definition) is 6. The van der Waals surface area contributed by atoms with E-state index in [-0.39, 0.29) is 6.09 Å². The second-order valence-corrected chi connectivity index (χ2v) is 5.26. The number of rotatable bonds is 3. The number of hydrogen-bond donors (Lipinski definition) is 2. The molecule has 21 heavy (non-hydrogen) atoms. The zero-order chi connectivity index (χ0) is 15.4. The zero-order valence-electron chi connectivity index (χ0n) is 11.6. The Kier molecular flexibility index (Phi) is 5.33. The van der Waals surface area contributed by atoms with Crippen LogP contribution in [0.2, 0.25) is 10.0 Å². The van der Waals surface area contributed by atoms with Gasteiger partial charge in [0.05, 0.1) is 16.7 Å². The number of carbonyl (C=O) groups is 1. The average Bonchev–Trinajstić information content (AvgIpc) is 2.48. The fourth-order valence-electron chi connectivity index (χ4n) is 2.10. The summed E-state index contributed by atoms with van der Waals surface area (Å²) in [4.78, 5) is 19.6. The Labute approximate surface area is 132 Å². The Balaban J connectivity index is 2.07. The van der Waals surface area contributed by atoms with E-state index in [9.17, 15) is 4.79 Å². The van der Waals surface area contributed by atoms with Crippen molar-refractivity contribution in [1.29, 1.82) is 0 Å². The number of pyridine rings is 1. The molecule has 1 fully saturated rings. The summed E-state index contributed by atoms with van der Waals surface area (Å²) >= 11 is 12.1. The number of carbonyl (C=O) groups excluding carboxylic acids is 1. The molecule has 0 spiro atoms. The highest BCUT2D eigenvalue weighted by Gasteiger charge is 2.24. The van der Waals surface area contributed by atoms with Crippen molar-refractivity contribution in [3.8, 4) is 0 Å². The van der Waals surface area contributed by atoms with Crippen molar-refractivity contribution in [2.45, 2.75) is 6.92 Å². The Bertz CT molecular complexity index is 521. The molecule has 3 N–H and O–H groups in total. The maximum absolute atomic E-state index is 11.7. The average molecular weight is 334 g/mol. The monoisotopic (exact) mass is 333 g/mol. The van der Waals surface area contributed by atoms with Crippen LogP contribution in [-0.4, -0.2) is 48.8 Å². The van der Waals surface area contributed by atoms with Crippen LogP contribution < -0.4 is 16.2 Å². The van der Waals surface area contributed by atoms with Gasteiger partial charge >= 0.3 is 6.09 Å². The highest BCUT2D eigenvalue weighted by molar-refractivity contribution is 6.37. The Morgan fingerprint density at radius 2 is 2.05 bits per heavy atom. The van der Waals surface area contributed by atoms with E-state index in [1.807, 2.05) is 4.90 Å². The number of hydrazine groups is 1. The lowest BCUT2D eigenvalue weighted by Gasteiger charge is -2.35. The molecule has 0 unspecified atom stereocenters. The molecule has 2 rings (SSSR count). The lowest BCUT2D eigenvalue weighted by molar-refractivity contribution is 0.105. The summed E-state index contributed by atoms with van der Waals surface area (Å²) in [6.07, 6.45) is -0.295. The van der Waals surface area contributed by atoms with Crippen molar-refractivity contribution >= 4 is 40.9 Å². The number of anilines is 2. The molecule has 1 aromatic heterocycles. The zero-order valence-corrected chi connectivity index (χ0v) is 13.1. The fourth-order valence-corrected chi connectivity index (χ4v) is 2.63. The summed E-state index contributed by atoms with van der Waals surface area (Å²) in [5, 5.41) is 0.806. The van der Waals surface area contributed by atoms with E-state index in [4.69, 9.17) is 33.8 Å². The lowest BCUT2D eigenvalue weighted by Crippen LogP contribution is -2.49. The second-order valence-electron chi connectivity index (χ2n) is 4.44. The molecular formula is C12H17Cl2N5O2. The molecule has 1 amide bonds. The minimum absolute atomic E-state index is 0.295. The van der Waals surface area contributed by atoms with E-state index >= 15 is 0 Å². The number of nitrogens with two attached hydrogens (primary N) is 1. The third kappa shape index (κ3) is 3.61. The van der Waals surface area contributed by atoms with Gasteiger partial charge in [0.15, 0.2) is 5.82 Å². The molecule has 1 saturated heterocycles. The normalized spacial score (nSPS) is 15.0. The predicted molar refractivity (Wildman–Crippen MR) is 82.9 cm³/mol. The first kappa shape index (κ1) is 15.9. The summed E-state index contributed by atoms with van der Waals surface area (Å²) in [7, 11) is 0. The Morgan fingerprint density at radius 3 is 2.62 bits per heavy atom. The summed E-state index contributed by atoms with van der Waals surface area (Å²) in [5.41, 5.74) is 2.43. The van der Waals surface area contributed by atoms with Crippen molar-refractivity contribution in [2.75, 3.05) is 43.1 Å². The van der Waals surface area contributed by atoms with Crippen LogP contribution >= 0.6 is 23.2 Å². The summed E-state index contributed by atoms with van der Waals surface area (Å²) in [5.74, 6) is 6.33. The molecule has 0 saturated carbocycles. The molecule has 9 heteroatoms. The molecular weight excluding hydrogens is 317 g/mol. The van der Waals surface area contributed by atoms with Crippen LogP contribution in [0.4, 0.5) is 16.4 Å². The molecule has 7 nitrogen and oxygen atoms in total. The number of aromatic nitrogens is 1. The van der Waals surface area contributed by atoms with Gasteiger partial charge in [-0.2, -0.15) is 0 Å². The van der Waals surface area contributed by atoms with Gasteiger partial charge in [-0.1, -0.05) is 23.2 Å². The van der Waals surface area contributed by atoms with E-state index < -0.39 is 0 Å². The van der Waals surface area contributed by atoms with Gasteiger partial charge in [-0.15, -0.1) is 0 Å². The summed E-state index contributed by atoms with van der Waals surface area (Å²) in [6.45, 7) is 4.46. The Morgan fingerprint density at radius 1 is 1.38 bits per heavy atom. The minimum atomic E-state index is -0.295. The van der Waals surface area contributed by atoms with Gasteiger partial charge in [0.1, 0.15) is 5.82 Å². The molecule has 0 radical (unpaired) electrons. The van der Waals surface area contributed by atoms with E-state index in [0.717, 1.165) is 0 Å². The second kappa shape index (κ2) is 7.02. The summed E-state index contributed by atoms with van der Waals surface area (Å²) in [6, 6.07) is 1.60. The number of piperazine rings is 1. The Hall–Kier alpha value is -1.44. The van der Waals surface area contributed by atoms with Crippen LogP contribution in [0.25, 0.3) is 0 Å². The van der Waals surface area contributed by atoms with Crippen LogP contribution in [0.5, 0.6) is 0 Å². The number of ether oxygens (including phenoxy) is 1. The van der Waals surface area contributed by atoms with Gasteiger partial charge in [-0.25, -0.2) is 15.6 Å². The first-order valence-corrected chi connectivity index (χ1v) is 7.31. The maximum atomic E-state index is 11.7. The molecule has 0 bridgehead atoms. The van der Waals surface area contributed by atoms with Crippen molar-refractivity contribution in [1.82, 2.24) is 9.88 Å². The highest BCUT2D eigenvalue weighted by Crippen LogP contribution is 2.31. The van der Waals surface area contributed by atoms with Gasteiger partial charge in [0.25, 0.3) is 0 Å². The molecule has 116 valence electrons. The molecule has 1 aromatic rings. The molecule has 1 aliphatic rings. The van der Waals surface area contributed by atoms with Crippen LogP contribution in [0.15, 0.2) is 6.07 Å². The minimum Gasteiger partial charge on any atom is -0.450 e. The van der Waals surface area contributed by atoms with Gasteiger partial charge in [0.2, 0.25) is 0 Å². The maximum Gasteiger partial charge on any atom is 0.409 e. The van der Waals surface area contributed by atoms with Crippen molar-refractivity contribution in [3.63, 3.8) is 0 Å². The van der Waals surface area contributed by atoms with Crippen LogP contribution in [0.3, 0.4) is 0 Å². The van der Waals surface area contributed by atoms with Crippen LogP contribution in [0.1, 0.15) is 6.92 Å². The largest absolute Gasteiger partial charge is 0.450 e. The first-order chi connectivity index (χ1) is 10.1. The molecule has 0 aromatic carbocycles. The quantitative estimate of drug-likeness (QED) is 0.649. The first-order valence-electron chi connectivity index (χ1n) is 6.56. The number of nitrogens with one attached hydrogen (secondary N) is 1. The third-order valence-corrected chi connectivity index (χ3v) is 3.72. The molecule has 0 atom stereocenters. The molecule has 2 heterocycles. The van der Waals surface area contributed by atoms with E-state index in [2.05, 4.69) is 10.4 Å². The van der Waals surface area contributed by atoms with Crippen molar-refractivity contribution < 1.29 is 9.53 Å². The van der Waals surface area contributed by atoms with E-state index in [0.29, 0.717) is 54.5 Å². The highest BCUT2D eigenvalue weighted by atomic mass is 35.5. The van der Waals surface area contributed by atoms with Crippen molar-refractivity contribution in [3.05, 3.63) is 16.1 Å². The molecule has 0 aliphatic carbocycles. The van der Waals surface area contributed by atoms with Crippen LogP contribution in [-0.2, 0) is 4.74 Å².